The molecular weight excluding hydrogens is 282 g/mol. The molecule has 0 saturated heterocycles. The van der Waals surface area contributed by atoms with Gasteiger partial charge in [0.1, 0.15) is 11.8 Å². The molecule has 2 N–H and O–H groups in total. The summed E-state index contributed by atoms with van der Waals surface area (Å²) >= 11 is 0. The third-order valence-electron chi connectivity index (χ3n) is 3.94. The van der Waals surface area contributed by atoms with Crippen molar-refractivity contribution in [1.29, 1.82) is 0 Å². The molecule has 0 bridgehead atoms. The molecule has 5 heteroatoms. The predicted molar refractivity (Wildman–Crippen MR) is 85.5 cm³/mol. The molecule has 0 aromatic heterocycles. The zero-order valence-corrected chi connectivity index (χ0v) is 14.0. The normalized spacial score (nSPS) is 12.5. The molecule has 0 radical (unpaired) electrons. The van der Waals surface area contributed by atoms with Crippen molar-refractivity contribution in [3.05, 3.63) is 28.8 Å². The Balaban J connectivity index is 3.39. The maximum atomic E-state index is 12.6. The first-order valence-corrected chi connectivity index (χ1v) is 7.44. The van der Waals surface area contributed by atoms with E-state index in [9.17, 15) is 14.7 Å². The number of aliphatic carboxylic acids is 1. The topological polar surface area (TPSA) is 77.8 Å². The minimum atomic E-state index is -1.08. The van der Waals surface area contributed by atoms with E-state index in [1.807, 2.05) is 33.8 Å². The SMILES string of the molecule is CC(C)c1cc(C(=O)N(C)C(C)C(=O)O)c(O)c(C(C)C)c1. The lowest BCUT2D eigenvalue weighted by atomic mass is 9.91. The van der Waals surface area contributed by atoms with Crippen LogP contribution in [0.1, 0.15) is 67.9 Å². The highest BCUT2D eigenvalue weighted by atomic mass is 16.4. The van der Waals surface area contributed by atoms with E-state index in [1.165, 1.54) is 14.0 Å². The van der Waals surface area contributed by atoms with Gasteiger partial charge in [-0.15, -0.1) is 0 Å². The molecule has 1 aromatic carbocycles. The molecule has 22 heavy (non-hydrogen) atoms. The number of hydrogen-bond donors (Lipinski definition) is 2. The van der Waals surface area contributed by atoms with Crippen LogP contribution in [0, 0.1) is 0 Å². The lowest BCUT2D eigenvalue weighted by molar-refractivity contribution is -0.141. The number of likely N-dealkylation sites (N-methyl/N-ethyl adjacent to an activating group) is 1. The second kappa shape index (κ2) is 6.81. The first-order chi connectivity index (χ1) is 10.1. The highest BCUT2D eigenvalue weighted by Gasteiger charge is 2.26. The molecule has 0 aliphatic rings. The van der Waals surface area contributed by atoms with Crippen LogP contribution in [-0.2, 0) is 4.79 Å². The molecule has 0 saturated carbocycles. The van der Waals surface area contributed by atoms with Gasteiger partial charge in [-0.2, -0.15) is 0 Å². The number of phenolic OH excluding ortho intramolecular Hbond substituents is 1. The number of amides is 1. The van der Waals surface area contributed by atoms with Crippen LogP contribution < -0.4 is 0 Å². The van der Waals surface area contributed by atoms with Crippen molar-refractivity contribution in [2.75, 3.05) is 7.05 Å². The summed E-state index contributed by atoms with van der Waals surface area (Å²) < 4.78 is 0. The maximum Gasteiger partial charge on any atom is 0.326 e. The molecule has 0 aliphatic heterocycles. The number of carbonyl (C=O) groups is 2. The van der Waals surface area contributed by atoms with E-state index in [-0.39, 0.29) is 23.1 Å². The molecule has 1 atom stereocenters. The van der Waals surface area contributed by atoms with Crippen LogP contribution in [0.25, 0.3) is 0 Å². The van der Waals surface area contributed by atoms with E-state index in [2.05, 4.69) is 0 Å². The van der Waals surface area contributed by atoms with Crippen molar-refractivity contribution in [2.45, 2.75) is 52.5 Å². The Kier molecular flexibility index (Phi) is 5.58. The first kappa shape index (κ1) is 18.0. The summed E-state index contributed by atoms with van der Waals surface area (Å²) in [5.74, 6) is -1.37. The van der Waals surface area contributed by atoms with Gasteiger partial charge >= 0.3 is 5.97 Å². The minimum absolute atomic E-state index is 0.0613. The monoisotopic (exact) mass is 307 g/mol. The molecule has 1 aromatic rings. The van der Waals surface area contributed by atoms with Gasteiger partial charge in [-0.05, 0) is 36.0 Å². The van der Waals surface area contributed by atoms with Crippen LogP contribution >= 0.6 is 0 Å². The zero-order valence-electron chi connectivity index (χ0n) is 14.0. The Morgan fingerprint density at radius 1 is 1.05 bits per heavy atom. The van der Waals surface area contributed by atoms with E-state index in [0.29, 0.717) is 5.56 Å². The van der Waals surface area contributed by atoms with Gasteiger partial charge in [0.05, 0.1) is 5.56 Å². The highest BCUT2D eigenvalue weighted by molar-refractivity contribution is 5.99. The molecule has 0 aliphatic carbocycles. The fourth-order valence-electron chi connectivity index (χ4n) is 2.15. The standard InChI is InChI=1S/C17H25NO4/c1-9(2)12-7-13(10(3)4)15(19)14(8-12)16(20)18(6)11(5)17(21)22/h7-11,19H,1-6H3,(H,21,22). The molecule has 0 spiro atoms. The molecule has 0 fully saturated rings. The van der Waals surface area contributed by atoms with Crippen LogP contribution in [0.3, 0.4) is 0 Å². The fourth-order valence-corrected chi connectivity index (χ4v) is 2.15. The van der Waals surface area contributed by atoms with Gasteiger partial charge in [-0.3, -0.25) is 4.79 Å². The quantitative estimate of drug-likeness (QED) is 0.875. The smallest absolute Gasteiger partial charge is 0.326 e. The zero-order chi connectivity index (χ0) is 17.2. The van der Waals surface area contributed by atoms with Gasteiger partial charge in [0.15, 0.2) is 0 Å². The van der Waals surface area contributed by atoms with Crippen molar-refractivity contribution >= 4 is 11.9 Å². The van der Waals surface area contributed by atoms with E-state index in [1.54, 1.807) is 6.07 Å². The van der Waals surface area contributed by atoms with Crippen molar-refractivity contribution < 1.29 is 19.8 Å². The molecule has 122 valence electrons. The number of hydrogen-bond acceptors (Lipinski definition) is 3. The summed E-state index contributed by atoms with van der Waals surface area (Å²) in [5, 5.41) is 19.5. The Labute approximate surface area is 131 Å². The van der Waals surface area contributed by atoms with Crippen molar-refractivity contribution in [3.63, 3.8) is 0 Å². The Bertz CT molecular complexity index is 578. The average Bonchev–Trinajstić information content (AvgIpc) is 2.44. The van der Waals surface area contributed by atoms with Gasteiger partial charge in [-0.1, -0.05) is 33.8 Å². The largest absolute Gasteiger partial charge is 0.507 e. The third kappa shape index (κ3) is 3.59. The van der Waals surface area contributed by atoms with Crippen LogP contribution in [0.15, 0.2) is 12.1 Å². The minimum Gasteiger partial charge on any atom is -0.507 e. The van der Waals surface area contributed by atoms with Gasteiger partial charge in [0, 0.05) is 7.05 Å². The summed E-state index contributed by atoms with van der Waals surface area (Å²) in [6.07, 6.45) is 0. The number of benzene rings is 1. The highest BCUT2D eigenvalue weighted by Crippen LogP contribution is 2.33. The lowest BCUT2D eigenvalue weighted by Gasteiger charge is -2.24. The second-order valence-corrected chi connectivity index (χ2v) is 6.25. The van der Waals surface area contributed by atoms with Crippen molar-refractivity contribution in [1.82, 2.24) is 4.90 Å². The predicted octanol–water partition coefficient (Wildman–Crippen LogP) is 3.18. The van der Waals surface area contributed by atoms with Gasteiger partial charge in [0.2, 0.25) is 0 Å². The van der Waals surface area contributed by atoms with E-state index >= 15 is 0 Å². The number of phenols is 1. The number of nitrogens with zero attached hydrogens (tertiary/aromatic N) is 1. The Hall–Kier alpha value is -2.04. The summed E-state index contributed by atoms with van der Waals surface area (Å²) in [6, 6.07) is 2.60. The van der Waals surface area contributed by atoms with Crippen molar-refractivity contribution in [3.8, 4) is 5.75 Å². The number of rotatable bonds is 5. The van der Waals surface area contributed by atoms with E-state index < -0.39 is 17.9 Å². The molecular formula is C17H25NO4. The molecule has 1 rings (SSSR count). The van der Waals surface area contributed by atoms with Crippen LogP contribution in [0.5, 0.6) is 5.75 Å². The molecule has 1 unspecified atom stereocenters. The summed E-state index contributed by atoms with van der Waals surface area (Å²) in [7, 11) is 1.43. The number of aromatic hydroxyl groups is 1. The molecule has 1 amide bonds. The van der Waals surface area contributed by atoms with Crippen molar-refractivity contribution in [2.24, 2.45) is 0 Å². The van der Waals surface area contributed by atoms with E-state index in [4.69, 9.17) is 5.11 Å². The number of carbonyl (C=O) groups excluding carboxylic acids is 1. The van der Waals surface area contributed by atoms with Crippen LogP contribution in [0.4, 0.5) is 0 Å². The van der Waals surface area contributed by atoms with Gasteiger partial charge < -0.3 is 15.1 Å². The van der Waals surface area contributed by atoms with E-state index in [0.717, 1.165) is 10.5 Å². The number of carboxylic acid groups (broad SMARTS) is 1. The maximum absolute atomic E-state index is 12.6. The fraction of sp³-hybridized carbons (Fsp3) is 0.529. The molecule has 0 heterocycles. The number of carboxylic acids is 1. The van der Waals surface area contributed by atoms with Crippen LogP contribution in [-0.4, -0.2) is 40.1 Å². The lowest BCUT2D eigenvalue weighted by Crippen LogP contribution is -2.40. The summed E-state index contributed by atoms with van der Waals surface area (Å²) in [5.41, 5.74) is 1.80. The summed E-state index contributed by atoms with van der Waals surface area (Å²) in [4.78, 5) is 24.7. The van der Waals surface area contributed by atoms with Crippen LogP contribution in [0.2, 0.25) is 0 Å². The average molecular weight is 307 g/mol. The first-order valence-electron chi connectivity index (χ1n) is 7.44. The Morgan fingerprint density at radius 2 is 1.59 bits per heavy atom. The van der Waals surface area contributed by atoms with Gasteiger partial charge in [-0.25, -0.2) is 4.79 Å². The Morgan fingerprint density at radius 3 is 2.00 bits per heavy atom. The van der Waals surface area contributed by atoms with Gasteiger partial charge in [0.25, 0.3) is 5.91 Å². The summed E-state index contributed by atoms with van der Waals surface area (Å²) in [6.45, 7) is 9.34. The third-order valence-corrected chi connectivity index (χ3v) is 3.94. The second-order valence-electron chi connectivity index (χ2n) is 6.25. The molecule has 5 nitrogen and oxygen atoms in total.